The van der Waals surface area contributed by atoms with Gasteiger partial charge in [0, 0.05) is 16.7 Å². The van der Waals surface area contributed by atoms with E-state index in [1.807, 2.05) is 78.1 Å². The normalized spacial score (nSPS) is 11.5. The summed E-state index contributed by atoms with van der Waals surface area (Å²) in [7, 11) is 0. The van der Waals surface area contributed by atoms with Gasteiger partial charge >= 0.3 is 0 Å². The summed E-state index contributed by atoms with van der Waals surface area (Å²) in [6.07, 6.45) is 1.64. The van der Waals surface area contributed by atoms with E-state index in [4.69, 9.17) is 18.8 Å². The minimum Gasteiger partial charge on any atom is -0.461 e. The Kier molecular flexibility index (Phi) is 4.50. The molecule has 0 radical (unpaired) electrons. The van der Waals surface area contributed by atoms with Gasteiger partial charge in [-0.05, 0) is 43.3 Å². The number of rotatable bonds is 5. The highest BCUT2D eigenvalue weighted by Crippen LogP contribution is 2.31. The number of benzene rings is 2. The highest BCUT2D eigenvalue weighted by Gasteiger charge is 2.19. The second-order valence-electron chi connectivity index (χ2n) is 7.25. The quantitative estimate of drug-likeness (QED) is 0.314. The zero-order valence-electron chi connectivity index (χ0n) is 17.1. The van der Waals surface area contributed by atoms with Gasteiger partial charge in [-0.1, -0.05) is 42.1 Å². The van der Waals surface area contributed by atoms with E-state index >= 15 is 0 Å². The molecule has 0 aliphatic heterocycles. The number of para-hydroxylation sites is 1. The molecule has 2 aromatic carbocycles. The second-order valence-corrected chi connectivity index (χ2v) is 8.19. The van der Waals surface area contributed by atoms with Gasteiger partial charge in [-0.15, -0.1) is 10.2 Å². The molecule has 4 heterocycles. The van der Waals surface area contributed by atoms with Crippen LogP contribution in [0, 0.1) is 6.92 Å². The van der Waals surface area contributed by atoms with Crippen molar-refractivity contribution in [3.8, 4) is 23.0 Å². The Morgan fingerprint density at radius 3 is 2.59 bits per heavy atom. The molecule has 0 bridgehead atoms. The SMILES string of the molecule is Cc1oc(-c2ccccc2)nc1CSc1nnc2c3ccccc3nc(-c3ccco3)n12. The van der Waals surface area contributed by atoms with E-state index < -0.39 is 0 Å². The molecule has 0 N–H and O–H groups in total. The molecule has 6 aromatic rings. The van der Waals surface area contributed by atoms with Crippen LogP contribution in [0.1, 0.15) is 11.5 Å². The molecular weight excluding hydrogens is 422 g/mol. The summed E-state index contributed by atoms with van der Waals surface area (Å²) < 4.78 is 13.5. The molecule has 0 atom stereocenters. The maximum atomic E-state index is 5.90. The van der Waals surface area contributed by atoms with E-state index in [0.29, 0.717) is 28.4 Å². The van der Waals surface area contributed by atoms with Gasteiger partial charge in [-0.2, -0.15) is 0 Å². The van der Waals surface area contributed by atoms with E-state index in [-0.39, 0.29) is 0 Å². The first-order valence-corrected chi connectivity index (χ1v) is 11.1. The first-order chi connectivity index (χ1) is 15.8. The van der Waals surface area contributed by atoms with E-state index in [9.17, 15) is 0 Å². The number of furan rings is 1. The molecule has 0 aliphatic rings. The molecule has 7 nitrogen and oxygen atoms in total. The molecule has 0 unspecified atom stereocenters. The Bertz CT molecular complexity index is 1540. The molecule has 0 amide bonds. The first-order valence-electron chi connectivity index (χ1n) is 10.1. The van der Waals surface area contributed by atoms with Gasteiger partial charge in [-0.3, -0.25) is 4.40 Å². The van der Waals surface area contributed by atoms with E-state index in [1.54, 1.807) is 6.26 Å². The maximum absolute atomic E-state index is 5.90. The Balaban J connectivity index is 1.40. The van der Waals surface area contributed by atoms with Crippen molar-refractivity contribution in [3.05, 3.63) is 84.4 Å². The molecule has 0 spiro atoms. The van der Waals surface area contributed by atoms with Crippen molar-refractivity contribution in [2.24, 2.45) is 0 Å². The van der Waals surface area contributed by atoms with Crippen LogP contribution in [0.25, 0.3) is 39.6 Å². The molecule has 156 valence electrons. The van der Waals surface area contributed by atoms with Crippen LogP contribution >= 0.6 is 11.8 Å². The lowest BCUT2D eigenvalue weighted by molar-refractivity contribution is 0.540. The standard InChI is InChI=1S/C24H17N5O2S/c1-15-19(26-23(31-15)16-8-3-2-4-9-16)14-32-24-28-27-21-17-10-5-6-11-18(17)25-22(29(21)24)20-12-7-13-30-20/h2-13H,14H2,1H3. The molecular formula is C24H17N5O2S. The zero-order valence-corrected chi connectivity index (χ0v) is 17.9. The van der Waals surface area contributed by atoms with Crippen LogP contribution in [0.2, 0.25) is 0 Å². The molecule has 6 rings (SSSR count). The molecule has 8 heteroatoms. The monoisotopic (exact) mass is 439 g/mol. The Morgan fingerprint density at radius 2 is 1.75 bits per heavy atom. The molecule has 0 saturated carbocycles. The highest BCUT2D eigenvalue weighted by atomic mass is 32.2. The summed E-state index contributed by atoms with van der Waals surface area (Å²) >= 11 is 1.54. The second kappa shape index (κ2) is 7.65. The van der Waals surface area contributed by atoms with Crippen molar-refractivity contribution >= 4 is 28.3 Å². The number of aromatic nitrogens is 5. The minimum absolute atomic E-state index is 0.591. The van der Waals surface area contributed by atoms with Crippen LogP contribution in [0.5, 0.6) is 0 Å². The Morgan fingerprint density at radius 1 is 0.906 bits per heavy atom. The number of oxazole rings is 1. The van der Waals surface area contributed by atoms with E-state index in [1.165, 1.54) is 11.8 Å². The molecule has 0 saturated heterocycles. The predicted octanol–water partition coefficient (Wildman–Crippen LogP) is 5.79. The van der Waals surface area contributed by atoms with Crippen molar-refractivity contribution in [1.82, 2.24) is 24.6 Å². The van der Waals surface area contributed by atoms with Crippen LogP contribution in [-0.4, -0.2) is 24.6 Å². The number of thioether (sulfide) groups is 1. The van der Waals surface area contributed by atoms with E-state index in [2.05, 4.69) is 10.2 Å². The molecule has 0 fully saturated rings. The third-order valence-corrected chi connectivity index (χ3v) is 6.15. The van der Waals surface area contributed by atoms with Crippen molar-refractivity contribution in [2.75, 3.05) is 0 Å². The lowest BCUT2D eigenvalue weighted by Gasteiger charge is -2.07. The summed E-state index contributed by atoms with van der Waals surface area (Å²) in [5.41, 5.74) is 3.41. The van der Waals surface area contributed by atoms with Gasteiger partial charge in [0.1, 0.15) is 5.76 Å². The number of hydrogen-bond acceptors (Lipinski definition) is 7. The average molecular weight is 440 g/mol. The average Bonchev–Trinajstić information content (AvgIpc) is 3.58. The van der Waals surface area contributed by atoms with E-state index in [0.717, 1.165) is 33.6 Å². The van der Waals surface area contributed by atoms with Crippen LogP contribution in [0.3, 0.4) is 0 Å². The predicted molar refractivity (Wildman–Crippen MR) is 122 cm³/mol. The van der Waals surface area contributed by atoms with Crippen LogP contribution in [-0.2, 0) is 5.75 Å². The van der Waals surface area contributed by atoms with Gasteiger partial charge in [0.2, 0.25) is 5.89 Å². The van der Waals surface area contributed by atoms with Gasteiger partial charge in [0.25, 0.3) is 0 Å². The zero-order chi connectivity index (χ0) is 21.5. The minimum atomic E-state index is 0.591. The van der Waals surface area contributed by atoms with Crippen LogP contribution in [0.4, 0.5) is 0 Å². The van der Waals surface area contributed by atoms with Crippen molar-refractivity contribution in [1.29, 1.82) is 0 Å². The number of aryl methyl sites for hydroxylation is 1. The fourth-order valence-corrected chi connectivity index (χ4v) is 4.56. The number of hydrogen-bond donors (Lipinski definition) is 0. The molecule has 32 heavy (non-hydrogen) atoms. The molecule has 4 aromatic heterocycles. The van der Waals surface area contributed by atoms with Crippen molar-refractivity contribution < 1.29 is 8.83 Å². The number of nitrogens with zero attached hydrogens (tertiary/aromatic N) is 5. The highest BCUT2D eigenvalue weighted by molar-refractivity contribution is 7.98. The Hall–Kier alpha value is -3.91. The van der Waals surface area contributed by atoms with Gasteiger partial charge in [-0.25, -0.2) is 9.97 Å². The fraction of sp³-hybridized carbons (Fsp3) is 0.0833. The summed E-state index contributed by atoms with van der Waals surface area (Å²) in [5.74, 6) is 3.33. The summed E-state index contributed by atoms with van der Waals surface area (Å²) in [5, 5.41) is 10.6. The summed E-state index contributed by atoms with van der Waals surface area (Å²) in [4.78, 5) is 9.54. The molecule has 0 aliphatic carbocycles. The summed E-state index contributed by atoms with van der Waals surface area (Å²) in [6.45, 7) is 1.93. The fourth-order valence-electron chi connectivity index (χ4n) is 3.62. The maximum Gasteiger partial charge on any atom is 0.226 e. The van der Waals surface area contributed by atoms with Gasteiger partial charge < -0.3 is 8.83 Å². The van der Waals surface area contributed by atoms with Crippen LogP contribution < -0.4 is 0 Å². The van der Waals surface area contributed by atoms with Gasteiger partial charge in [0.15, 0.2) is 22.4 Å². The van der Waals surface area contributed by atoms with Gasteiger partial charge in [0.05, 0.1) is 17.5 Å². The summed E-state index contributed by atoms with van der Waals surface area (Å²) in [6, 6.07) is 21.5. The lowest BCUT2D eigenvalue weighted by Crippen LogP contribution is -1.99. The third-order valence-electron chi connectivity index (χ3n) is 5.21. The first kappa shape index (κ1) is 18.8. The van der Waals surface area contributed by atoms with Crippen molar-refractivity contribution in [3.63, 3.8) is 0 Å². The third kappa shape index (κ3) is 3.16. The topological polar surface area (TPSA) is 82.2 Å². The number of fused-ring (bicyclic) bond motifs is 3. The lowest BCUT2D eigenvalue weighted by atomic mass is 10.2. The van der Waals surface area contributed by atoms with Crippen LogP contribution in [0.15, 0.2) is 87.0 Å². The largest absolute Gasteiger partial charge is 0.461 e. The smallest absolute Gasteiger partial charge is 0.226 e. The Labute approximate surface area is 187 Å². The van der Waals surface area contributed by atoms with Crippen molar-refractivity contribution in [2.45, 2.75) is 17.8 Å².